The van der Waals surface area contributed by atoms with Gasteiger partial charge in [-0.05, 0) is 23.6 Å². The van der Waals surface area contributed by atoms with Crippen molar-refractivity contribution in [3.05, 3.63) is 52.4 Å². The molecule has 0 radical (unpaired) electrons. The number of anilines is 1. The van der Waals surface area contributed by atoms with Crippen LogP contribution in [0.25, 0.3) is 6.08 Å². The molecule has 2 aromatic rings. The predicted molar refractivity (Wildman–Crippen MR) is 80.4 cm³/mol. The topological polar surface area (TPSA) is 12.5 Å². The molecule has 0 bridgehead atoms. The molecule has 0 fully saturated rings. The van der Waals surface area contributed by atoms with Crippen LogP contribution in [0.2, 0.25) is 0 Å². The summed E-state index contributed by atoms with van der Waals surface area (Å²) in [5, 5.41) is 2.04. The third-order valence-electron chi connectivity index (χ3n) is 2.78. The highest BCUT2D eigenvalue weighted by atomic mass is 32.1. The van der Waals surface area contributed by atoms with Gasteiger partial charge in [0.15, 0.2) is 11.5 Å². The molecule has 0 amide bonds. The number of thiophene rings is 1. The molecule has 0 unspecified atom stereocenters. The summed E-state index contributed by atoms with van der Waals surface area (Å²) in [6, 6.07) is 12.0. The minimum atomic E-state index is 0.710. The molecule has 0 N–H and O–H groups in total. The number of hydrogen-bond acceptors (Lipinski definition) is 3. The fourth-order valence-electron chi connectivity index (χ4n) is 1.85. The van der Waals surface area contributed by atoms with Crippen LogP contribution in [0.1, 0.15) is 4.88 Å². The average molecular weight is 273 g/mol. The summed E-state index contributed by atoms with van der Waals surface area (Å²) in [6.45, 7) is 0. The molecule has 3 rings (SSSR count). The van der Waals surface area contributed by atoms with Crippen LogP contribution >= 0.6 is 23.6 Å². The SMILES string of the molecule is CN1C(=S)/C(=C/c2cccs2)Oc2ccccc21. The lowest BCUT2D eigenvalue weighted by Crippen LogP contribution is -2.32. The van der Waals surface area contributed by atoms with Crippen LogP contribution in [0.4, 0.5) is 5.69 Å². The lowest BCUT2D eigenvalue weighted by atomic mass is 10.2. The Balaban J connectivity index is 2.03. The van der Waals surface area contributed by atoms with Gasteiger partial charge in [-0.3, -0.25) is 0 Å². The molecule has 18 heavy (non-hydrogen) atoms. The van der Waals surface area contributed by atoms with E-state index in [9.17, 15) is 0 Å². The van der Waals surface area contributed by atoms with E-state index in [2.05, 4.69) is 0 Å². The van der Waals surface area contributed by atoms with Crippen molar-refractivity contribution < 1.29 is 4.74 Å². The Bertz CT molecular complexity index is 616. The molecule has 0 saturated heterocycles. The van der Waals surface area contributed by atoms with Gasteiger partial charge < -0.3 is 9.64 Å². The van der Waals surface area contributed by atoms with Crippen LogP contribution in [0.15, 0.2) is 47.5 Å². The van der Waals surface area contributed by atoms with Gasteiger partial charge >= 0.3 is 0 Å². The van der Waals surface area contributed by atoms with Gasteiger partial charge in [-0.1, -0.05) is 30.4 Å². The molecule has 2 heterocycles. The first kappa shape index (κ1) is 11.4. The van der Waals surface area contributed by atoms with Crippen LogP contribution in [0.5, 0.6) is 5.75 Å². The molecule has 0 atom stereocenters. The highest BCUT2D eigenvalue weighted by Gasteiger charge is 2.23. The maximum Gasteiger partial charge on any atom is 0.163 e. The molecule has 1 aliphatic rings. The van der Waals surface area contributed by atoms with Crippen molar-refractivity contribution in [2.45, 2.75) is 0 Å². The number of thiocarbonyl (C=S) groups is 1. The largest absolute Gasteiger partial charge is 0.452 e. The van der Waals surface area contributed by atoms with Crippen molar-refractivity contribution in [3.8, 4) is 5.75 Å². The monoisotopic (exact) mass is 273 g/mol. The van der Waals surface area contributed by atoms with E-state index in [1.54, 1.807) is 11.3 Å². The number of rotatable bonds is 1. The first-order chi connectivity index (χ1) is 8.75. The zero-order valence-electron chi connectivity index (χ0n) is 9.79. The summed E-state index contributed by atoms with van der Waals surface area (Å²) in [7, 11) is 1.96. The van der Waals surface area contributed by atoms with E-state index in [1.165, 1.54) is 0 Å². The maximum atomic E-state index is 5.87. The number of hydrogen-bond donors (Lipinski definition) is 0. The number of ether oxygens (including phenoxy) is 1. The molecule has 0 spiro atoms. The minimum absolute atomic E-state index is 0.710. The molecular formula is C14H11NOS2. The Labute approximate surface area is 115 Å². The summed E-state index contributed by atoms with van der Waals surface area (Å²) in [5.41, 5.74) is 1.01. The molecule has 2 nitrogen and oxygen atoms in total. The zero-order valence-corrected chi connectivity index (χ0v) is 11.4. The van der Waals surface area contributed by atoms with E-state index in [0.717, 1.165) is 22.1 Å². The Hall–Kier alpha value is -1.65. The van der Waals surface area contributed by atoms with Crippen molar-refractivity contribution >= 4 is 40.3 Å². The third-order valence-corrected chi connectivity index (χ3v) is 4.07. The van der Waals surface area contributed by atoms with Gasteiger partial charge in [0.2, 0.25) is 0 Å². The lowest BCUT2D eigenvalue weighted by molar-refractivity contribution is 0.452. The van der Waals surface area contributed by atoms with Crippen LogP contribution in [-0.4, -0.2) is 12.0 Å². The van der Waals surface area contributed by atoms with Crippen LogP contribution in [0.3, 0.4) is 0 Å². The maximum absolute atomic E-state index is 5.87. The number of likely N-dealkylation sites (N-methyl/N-ethyl adjacent to an activating group) is 1. The molecule has 1 aliphatic heterocycles. The van der Waals surface area contributed by atoms with Gasteiger partial charge in [0, 0.05) is 18.0 Å². The van der Waals surface area contributed by atoms with E-state index < -0.39 is 0 Å². The molecule has 90 valence electrons. The fraction of sp³-hybridized carbons (Fsp3) is 0.0714. The molecular weight excluding hydrogens is 262 g/mol. The number of para-hydroxylation sites is 2. The lowest BCUT2D eigenvalue weighted by Gasteiger charge is -2.29. The van der Waals surface area contributed by atoms with Crippen molar-refractivity contribution in [1.29, 1.82) is 0 Å². The van der Waals surface area contributed by atoms with E-state index >= 15 is 0 Å². The Morgan fingerprint density at radius 1 is 1.22 bits per heavy atom. The second kappa shape index (κ2) is 4.55. The highest BCUT2D eigenvalue weighted by molar-refractivity contribution is 7.81. The number of nitrogens with zero attached hydrogens (tertiary/aromatic N) is 1. The third kappa shape index (κ3) is 1.94. The highest BCUT2D eigenvalue weighted by Crippen LogP contribution is 2.35. The quantitative estimate of drug-likeness (QED) is 0.577. The Morgan fingerprint density at radius 3 is 2.83 bits per heavy atom. The van der Waals surface area contributed by atoms with Crippen molar-refractivity contribution in [3.63, 3.8) is 0 Å². The minimum Gasteiger partial charge on any atom is -0.452 e. The van der Waals surface area contributed by atoms with Gasteiger partial charge in [0.05, 0.1) is 5.69 Å². The van der Waals surface area contributed by atoms with Crippen molar-refractivity contribution in [2.75, 3.05) is 11.9 Å². The average Bonchev–Trinajstić information content (AvgIpc) is 2.89. The molecule has 0 saturated carbocycles. The zero-order chi connectivity index (χ0) is 12.5. The standard InChI is InChI=1S/C14H11NOS2/c1-15-11-6-2-3-7-12(11)16-13(14(15)17)9-10-5-4-8-18-10/h2-9H,1H3/b13-9-. The first-order valence-corrected chi connectivity index (χ1v) is 6.84. The normalized spacial score (nSPS) is 16.6. The second-order valence-corrected chi connectivity index (χ2v) is 5.32. The van der Waals surface area contributed by atoms with Gasteiger partial charge in [0.25, 0.3) is 0 Å². The van der Waals surface area contributed by atoms with Crippen LogP contribution in [-0.2, 0) is 0 Å². The van der Waals surface area contributed by atoms with E-state index in [0.29, 0.717) is 4.99 Å². The Kier molecular flexibility index (Phi) is 2.89. The second-order valence-electron chi connectivity index (χ2n) is 3.96. The molecule has 1 aromatic heterocycles. The summed E-state index contributed by atoms with van der Waals surface area (Å²) in [4.78, 5) is 3.83. The predicted octanol–water partition coefficient (Wildman–Crippen LogP) is 3.95. The summed E-state index contributed by atoms with van der Waals surface area (Å²) >= 11 is 7.10. The molecule has 0 aliphatic carbocycles. The summed E-state index contributed by atoms with van der Waals surface area (Å²) in [5.74, 6) is 1.57. The smallest absolute Gasteiger partial charge is 0.163 e. The summed E-state index contributed by atoms with van der Waals surface area (Å²) in [6.07, 6.45) is 1.99. The van der Waals surface area contributed by atoms with E-state index in [4.69, 9.17) is 17.0 Å². The van der Waals surface area contributed by atoms with Crippen LogP contribution < -0.4 is 9.64 Å². The van der Waals surface area contributed by atoms with Gasteiger partial charge in [-0.15, -0.1) is 11.3 Å². The van der Waals surface area contributed by atoms with E-state index in [-0.39, 0.29) is 0 Å². The summed E-state index contributed by atoms with van der Waals surface area (Å²) < 4.78 is 5.87. The van der Waals surface area contributed by atoms with Gasteiger partial charge in [-0.2, -0.15) is 0 Å². The van der Waals surface area contributed by atoms with Gasteiger partial charge in [0.1, 0.15) is 4.99 Å². The first-order valence-electron chi connectivity index (χ1n) is 5.56. The van der Waals surface area contributed by atoms with Crippen LogP contribution in [0, 0.1) is 0 Å². The number of fused-ring (bicyclic) bond motifs is 1. The molecule has 4 heteroatoms. The molecule has 1 aromatic carbocycles. The van der Waals surface area contributed by atoms with Crippen molar-refractivity contribution in [1.82, 2.24) is 0 Å². The number of benzene rings is 1. The van der Waals surface area contributed by atoms with E-state index in [1.807, 2.05) is 59.8 Å². The van der Waals surface area contributed by atoms with Crippen molar-refractivity contribution in [2.24, 2.45) is 0 Å². The Morgan fingerprint density at radius 2 is 2.06 bits per heavy atom. The van der Waals surface area contributed by atoms with Gasteiger partial charge in [-0.25, -0.2) is 0 Å². The fourth-order valence-corrected chi connectivity index (χ4v) is 2.70.